The van der Waals surface area contributed by atoms with E-state index in [1.807, 2.05) is 42.5 Å². The molecule has 2 amide bonds. The van der Waals surface area contributed by atoms with E-state index < -0.39 is 0 Å². The third-order valence-corrected chi connectivity index (χ3v) is 5.40. The first kappa shape index (κ1) is 19.1. The first-order chi connectivity index (χ1) is 14.2. The number of hydrogen-bond acceptors (Lipinski definition) is 4. The number of pyridine rings is 2. The summed E-state index contributed by atoms with van der Waals surface area (Å²) in [6.07, 6.45) is 7.94. The van der Waals surface area contributed by atoms with Gasteiger partial charge in [0, 0.05) is 18.0 Å². The average Bonchev–Trinajstić information content (AvgIpc) is 2.78. The molecule has 1 aliphatic carbocycles. The van der Waals surface area contributed by atoms with Gasteiger partial charge in [0.05, 0.1) is 22.5 Å². The van der Waals surface area contributed by atoms with Crippen LogP contribution in [0.4, 0.5) is 0 Å². The fourth-order valence-corrected chi connectivity index (χ4v) is 3.91. The van der Waals surface area contributed by atoms with Crippen molar-refractivity contribution in [1.29, 1.82) is 0 Å². The fraction of sp³-hybridized carbons (Fsp3) is 0.304. The quantitative estimate of drug-likeness (QED) is 0.661. The van der Waals surface area contributed by atoms with E-state index in [9.17, 15) is 9.59 Å². The summed E-state index contributed by atoms with van der Waals surface area (Å²) in [6, 6.07) is 14.7. The predicted molar refractivity (Wildman–Crippen MR) is 112 cm³/mol. The molecule has 0 saturated heterocycles. The second-order valence-electron chi connectivity index (χ2n) is 7.50. The second kappa shape index (κ2) is 8.82. The van der Waals surface area contributed by atoms with Gasteiger partial charge in [-0.2, -0.15) is 0 Å². The zero-order chi connectivity index (χ0) is 20.1. The van der Waals surface area contributed by atoms with Crippen LogP contribution >= 0.6 is 0 Å². The number of para-hydroxylation sites is 1. The van der Waals surface area contributed by atoms with Gasteiger partial charge >= 0.3 is 0 Å². The van der Waals surface area contributed by atoms with Gasteiger partial charge in [-0.3, -0.25) is 25.4 Å². The van der Waals surface area contributed by atoms with Gasteiger partial charge in [-0.15, -0.1) is 0 Å². The third kappa shape index (κ3) is 4.59. The van der Waals surface area contributed by atoms with Crippen molar-refractivity contribution in [1.82, 2.24) is 20.8 Å². The molecule has 0 radical (unpaired) electrons. The van der Waals surface area contributed by atoms with Crippen LogP contribution < -0.4 is 10.9 Å². The summed E-state index contributed by atoms with van der Waals surface area (Å²) in [4.78, 5) is 34.1. The molecule has 1 fully saturated rings. The summed E-state index contributed by atoms with van der Waals surface area (Å²) in [5.41, 5.74) is 7.61. The number of carbonyl (C=O) groups is 2. The highest BCUT2D eigenvalue weighted by atomic mass is 16.2. The summed E-state index contributed by atoms with van der Waals surface area (Å²) in [5.74, 6) is -0.0931. The smallest absolute Gasteiger partial charge is 0.270 e. The molecule has 6 nitrogen and oxygen atoms in total. The molecule has 6 heteroatoms. The van der Waals surface area contributed by atoms with Crippen LogP contribution in [-0.4, -0.2) is 21.8 Å². The van der Waals surface area contributed by atoms with E-state index in [4.69, 9.17) is 0 Å². The van der Waals surface area contributed by atoms with Gasteiger partial charge in [-0.1, -0.05) is 43.5 Å². The molecule has 1 aromatic carbocycles. The summed E-state index contributed by atoms with van der Waals surface area (Å²) in [6.45, 7) is 0. The number of aromatic nitrogens is 2. The molecule has 2 heterocycles. The zero-order valence-electron chi connectivity index (χ0n) is 16.2. The molecule has 0 bridgehead atoms. The number of carbonyl (C=O) groups excluding carboxylic acids is 2. The minimum Gasteiger partial charge on any atom is -0.273 e. The van der Waals surface area contributed by atoms with Crippen LogP contribution in [0.3, 0.4) is 0 Å². The number of amides is 2. The second-order valence-corrected chi connectivity index (χ2v) is 7.50. The van der Waals surface area contributed by atoms with Gasteiger partial charge in [0.15, 0.2) is 0 Å². The largest absolute Gasteiger partial charge is 0.273 e. The highest BCUT2D eigenvalue weighted by Crippen LogP contribution is 2.26. The molecule has 0 spiro atoms. The van der Waals surface area contributed by atoms with Gasteiger partial charge in [-0.05, 0) is 43.0 Å². The van der Waals surface area contributed by atoms with Gasteiger partial charge in [0.25, 0.3) is 5.91 Å². The Morgan fingerprint density at radius 3 is 2.52 bits per heavy atom. The number of hydrogen-bond donors (Lipinski definition) is 2. The SMILES string of the molecule is O=C(CC1CCCCC1)NNC(=O)c1cc(-c2ccccn2)nc2ccccc12. The maximum absolute atomic E-state index is 12.9. The standard InChI is InChI=1S/C23H24N4O2/c28-22(14-16-8-2-1-3-9-16)26-27-23(29)18-15-21(20-12-6-7-13-24-20)25-19-11-5-4-10-17(18)19/h4-7,10-13,15-16H,1-3,8-9,14H2,(H,26,28)(H,27,29). The maximum Gasteiger partial charge on any atom is 0.270 e. The molecule has 1 saturated carbocycles. The molecule has 1 aliphatic rings. The van der Waals surface area contributed by atoms with Crippen molar-refractivity contribution in [3.63, 3.8) is 0 Å². The van der Waals surface area contributed by atoms with Gasteiger partial charge in [-0.25, -0.2) is 4.98 Å². The van der Waals surface area contributed by atoms with Crippen LogP contribution in [0.5, 0.6) is 0 Å². The zero-order valence-corrected chi connectivity index (χ0v) is 16.2. The molecule has 148 valence electrons. The molecule has 3 aromatic rings. The lowest BCUT2D eigenvalue weighted by atomic mass is 9.87. The van der Waals surface area contributed by atoms with Crippen LogP contribution in [0.15, 0.2) is 54.7 Å². The van der Waals surface area contributed by atoms with E-state index >= 15 is 0 Å². The monoisotopic (exact) mass is 388 g/mol. The molecule has 29 heavy (non-hydrogen) atoms. The molecular weight excluding hydrogens is 364 g/mol. The number of hydrazine groups is 1. The minimum absolute atomic E-state index is 0.145. The first-order valence-corrected chi connectivity index (χ1v) is 10.1. The topological polar surface area (TPSA) is 84.0 Å². The van der Waals surface area contributed by atoms with E-state index in [2.05, 4.69) is 20.8 Å². The summed E-state index contributed by atoms with van der Waals surface area (Å²) < 4.78 is 0. The summed E-state index contributed by atoms with van der Waals surface area (Å²) in [5, 5.41) is 0.728. The van der Waals surface area contributed by atoms with Crippen LogP contribution in [0.1, 0.15) is 48.9 Å². The van der Waals surface area contributed by atoms with E-state index in [1.54, 1.807) is 12.3 Å². The van der Waals surface area contributed by atoms with Gasteiger partial charge in [0.2, 0.25) is 5.91 Å². The Morgan fingerprint density at radius 2 is 1.72 bits per heavy atom. The Kier molecular flexibility index (Phi) is 5.79. The van der Waals surface area contributed by atoms with Crippen LogP contribution in [0.25, 0.3) is 22.3 Å². The van der Waals surface area contributed by atoms with Gasteiger partial charge < -0.3 is 0 Å². The molecule has 0 unspecified atom stereocenters. The van der Waals surface area contributed by atoms with E-state index in [0.717, 1.165) is 18.2 Å². The predicted octanol–water partition coefficient (Wildman–Crippen LogP) is 4.03. The Labute approximate surface area is 169 Å². The Hall–Kier alpha value is -3.28. The number of nitrogens with one attached hydrogen (secondary N) is 2. The average molecular weight is 388 g/mol. The van der Waals surface area contributed by atoms with Crippen LogP contribution in [-0.2, 0) is 4.79 Å². The van der Waals surface area contributed by atoms with Crippen molar-refractivity contribution in [2.45, 2.75) is 38.5 Å². The lowest BCUT2D eigenvalue weighted by Gasteiger charge is -2.20. The molecular formula is C23H24N4O2. The van der Waals surface area contributed by atoms with E-state index in [-0.39, 0.29) is 11.8 Å². The van der Waals surface area contributed by atoms with Crippen LogP contribution in [0, 0.1) is 5.92 Å². The fourth-order valence-electron chi connectivity index (χ4n) is 3.91. The van der Waals surface area contributed by atoms with Crippen molar-refractivity contribution in [3.8, 4) is 11.4 Å². The Bertz CT molecular complexity index is 1010. The molecule has 2 aromatic heterocycles. The van der Waals surface area contributed by atoms with Crippen molar-refractivity contribution in [2.24, 2.45) is 5.92 Å². The normalized spacial score (nSPS) is 14.5. The van der Waals surface area contributed by atoms with Crippen molar-refractivity contribution < 1.29 is 9.59 Å². The number of nitrogens with zero attached hydrogens (tertiary/aromatic N) is 2. The van der Waals surface area contributed by atoms with Crippen molar-refractivity contribution in [3.05, 3.63) is 60.3 Å². The number of fused-ring (bicyclic) bond motifs is 1. The van der Waals surface area contributed by atoms with E-state index in [1.165, 1.54) is 19.3 Å². The minimum atomic E-state index is -0.363. The Morgan fingerprint density at radius 1 is 0.931 bits per heavy atom. The molecule has 0 aliphatic heterocycles. The number of benzene rings is 1. The third-order valence-electron chi connectivity index (χ3n) is 5.40. The summed E-state index contributed by atoms with van der Waals surface area (Å²) in [7, 11) is 0. The van der Waals surface area contributed by atoms with Crippen LogP contribution in [0.2, 0.25) is 0 Å². The van der Waals surface area contributed by atoms with Gasteiger partial charge in [0.1, 0.15) is 0 Å². The number of rotatable bonds is 4. The van der Waals surface area contributed by atoms with Crippen molar-refractivity contribution in [2.75, 3.05) is 0 Å². The molecule has 4 rings (SSSR count). The molecule has 0 atom stereocenters. The lowest BCUT2D eigenvalue weighted by Crippen LogP contribution is -2.42. The Balaban J connectivity index is 1.52. The maximum atomic E-state index is 12.9. The van der Waals surface area contributed by atoms with Crippen molar-refractivity contribution >= 4 is 22.7 Å². The van der Waals surface area contributed by atoms with E-state index in [0.29, 0.717) is 34.8 Å². The molecule has 2 N–H and O–H groups in total. The summed E-state index contributed by atoms with van der Waals surface area (Å²) >= 11 is 0. The first-order valence-electron chi connectivity index (χ1n) is 10.1. The highest BCUT2D eigenvalue weighted by molar-refractivity contribution is 6.07. The lowest BCUT2D eigenvalue weighted by molar-refractivity contribution is -0.123. The highest BCUT2D eigenvalue weighted by Gasteiger charge is 2.18.